The normalized spacial score (nSPS) is 11.4. The minimum Gasteiger partial charge on any atom is -0.459 e. The Kier molecular flexibility index (Phi) is 11.7. The number of hydrogen-bond acceptors (Lipinski definition) is 10. The Morgan fingerprint density at radius 2 is 1.67 bits per heavy atom. The van der Waals surface area contributed by atoms with Gasteiger partial charge in [0.15, 0.2) is 0 Å². The maximum absolute atomic E-state index is 13.9. The number of nitrogens with zero attached hydrogens (tertiary/aromatic N) is 7. The molecule has 3 N–H and O–H groups in total. The second-order valence-electron chi connectivity index (χ2n) is 11.8. The number of aliphatic imine (C=N–C) groups is 1. The SMILES string of the molecule is CCCOC(=O)/N=C(\N)c1ccc(NCc2nc3cc(C(=O)N(CCC(=O)OCc4nc(C)c(C)nc4C)c4ccccn4)ccc3n2C)cc1. The highest BCUT2D eigenvalue weighted by molar-refractivity contribution is 6.07. The zero-order valence-corrected chi connectivity index (χ0v) is 29.3. The number of carbonyl (C=O) groups excluding carboxylic acids is 3. The first-order chi connectivity index (χ1) is 24.5. The number of amidine groups is 1. The molecule has 14 heteroatoms. The lowest BCUT2D eigenvalue weighted by Gasteiger charge is -2.21. The molecule has 3 aromatic heterocycles. The van der Waals surface area contributed by atoms with E-state index < -0.39 is 12.1 Å². The largest absolute Gasteiger partial charge is 0.459 e. The van der Waals surface area contributed by atoms with Gasteiger partial charge in [0, 0.05) is 36.6 Å². The Hall–Kier alpha value is -6.18. The third-order valence-corrected chi connectivity index (χ3v) is 8.15. The van der Waals surface area contributed by atoms with Crippen molar-refractivity contribution < 1.29 is 23.9 Å². The molecule has 0 saturated heterocycles. The van der Waals surface area contributed by atoms with Crippen LogP contribution in [0.3, 0.4) is 0 Å². The van der Waals surface area contributed by atoms with Crippen LogP contribution in [-0.2, 0) is 34.5 Å². The lowest BCUT2D eigenvalue weighted by Crippen LogP contribution is -2.34. The molecule has 0 aliphatic rings. The molecule has 0 aliphatic carbocycles. The minimum atomic E-state index is -0.719. The van der Waals surface area contributed by atoms with Crippen molar-refractivity contribution in [2.75, 3.05) is 23.4 Å². The number of rotatable bonds is 13. The number of anilines is 2. The van der Waals surface area contributed by atoms with Gasteiger partial charge in [-0.3, -0.25) is 24.5 Å². The van der Waals surface area contributed by atoms with Crippen LogP contribution < -0.4 is 16.0 Å². The van der Waals surface area contributed by atoms with Crippen LogP contribution in [0.25, 0.3) is 11.0 Å². The van der Waals surface area contributed by atoms with Crippen LogP contribution >= 0.6 is 0 Å². The molecule has 14 nitrogen and oxygen atoms in total. The summed E-state index contributed by atoms with van der Waals surface area (Å²) in [6, 6.07) is 17.8. The van der Waals surface area contributed by atoms with E-state index in [1.54, 1.807) is 48.7 Å². The Balaban J connectivity index is 1.25. The van der Waals surface area contributed by atoms with E-state index in [1.807, 2.05) is 57.5 Å². The zero-order chi connectivity index (χ0) is 36.5. The molecule has 3 heterocycles. The third-order valence-electron chi connectivity index (χ3n) is 8.15. The molecule has 5 aromatic rings. The number of nitrogens with one attached hydrogen (secondary N) is 1. The number of fused-ring (bicyclic) bond motifs is 1. The standard InChI is InChI=1S/C37H41N9O5/c1-6-19-50-37(49)44-35(38)26-10-13-28(14-11-26)40-21-33-43-29-20-27(12-15-31(29)45(33)5)36(48)46(32-9-7-8-17-39-32)18-16-34(47)51-22-30-25(4)41-23(2)24(3)42-30/h7-15,17,20,40H,6,16,18-19,21-22H2,1-5H3,(H2,38,44,49). The summed E-state index contributed by atoms with van der Waals surface area (Å²) in [5.74, 6) is 0.424. The molecular weight excluding hydrogens is 650 g/mol. The molecule has 0 fully saturated rings. The van der Waals surface area contributed by atoms with Gasteiger partial charge in [-0.15, -0.1) is 0 Å². The summed E-state index contributed by atoms with van der Waals surface area (Å²) in [7, 11) is 1.91. The van der Waals surface area contributed by atoms with Crippen molar-refractivity contribution in [3.63, 3.8) is 0 Å². The van der Waals surface area contributed by atoms with E-state index in [2.05, 4.69) is 25.3 Å². The monoisotopic (exact) mass is 691 g/mol. The average Bonchev–Trinajstić information content (AvgIpc) is 3.45. The van der Waals surface area contributed by atoms with Crippen LogP contribution in [-0.4, -0.2) is 61.5 Å². The maximum Gasteiger partial charge on any atom is 0.435 e. The molecule has 264 valence electrons. The summed E-state index contributed by atoms with van der Waals surface area (Å²) in [6.07, 6.45) is 1.52. The van der Waals surface area contributed by atoms with Crippen molar-refractivity contribution in [3.05, 3.63) is 107 Å². The molecule has 0 atom stereocenters. The lowest BCUT2D eigenvalue weighted by atomic mass is 10.1. The van der Waals surface area contributed by atoms with Crippen LogP contribution in [0.2, 0.25) is 0 Å². The van der Waals surface area contributed by atoms with E-state index in [-0.39, 0.29) is 37.9 Å². The number of aryl methyl sites for hydroxylation is 4. The fourth-order valence-corrected chi connectivity index (χ4v) is 5.18. The highest BCUT2D eigenvalue weighted by Crippen LogP contribution is 2.22. The van der Waals surface area contributed by atoms with Crippen molar-refractivity contribution >= 4 is 46.3 Å². The zero-order valence-electron chi connectivity index (χ0n) is 29.3. The second-order valence-corrected chi connectivity index (χ2v) is 11.8. The first kappa shape index (κ1) is 36.1. The fraction of sp³-hybridized carbons (Fsp3) is 0.297. The van der Waals surface area contributed by atoms with Crippen molar-refractivity contribution in [2.45, 2.75) is 53.7 Å². The van der Waals surface area contributed by atoms with Gasteiger partial charge < -0.3 is 25.1 Å². The number of esters is 1. The van der Waals surface area contributed by atoms with Gasteiger partial charge in [-0.25, -0.2) is 14.8 Å². The molecule has 2 amide bonds. The summed E-state index contributed by atoms with van der Waals surface area (Å²) in [6.45, 7) is 8.19. The van der Waals surface area contributed by atoms with Gasteiger partial charge in [0.1, 0.15) is 24.1 Å². The molecule has 51 heavy (non-hydrogen) atoms. The number of amides is 2. The van der Waals surface area contributed by atoms with Gasteiger partial charge in [-0.05, 0) is 81.8 Å². The van der Waals surface area contributed by atoms with Crippen molar-refractivity contribution in [2.24, 2.45) is 17.8 Å². The van der Waals surface area contributed by atoms with Crippen molar-refractivity contribution in [3.8, 4) is 0 Å². The lowest BCUT2D eigenvalue weighted by molar-refractivity contribution is -0.144. The number of benzene rings is 2. The Morgan fingerprint density at radius 1 is 0.922 bits per heavy atom. The number of carbonyl (C=O) groups is 3. The van der Waals surface area contributed by atoms with Gasteiger partial charge in [0.2, 0.25) is 0 Å². The Labute approximate surface area is 295 Å². The molecule has 0 radical (unpaired) electrons. The number of aromatic nitrogens is 5. The van der Waals surface area contributed by atoms with E-state index in [4.69, 9.17) is 20.2 Å². The highest BCUT2D eigenvalue weighted by Gasteiger charge is 2.22. The summed E-state index contributed by atoms with van der Waals surface area (Å²) < 4.78 is 12.4. The predicted octanol–water partition coefficient (Wildman–Crippen LogP) is 5.33. The van der Waals surface area contributed by atoms with Gasteiger partial charge in [0.25, 0.3) is 5.91 Å². The van der Waals surface area contributed by atoms with Crippen LogP contribution in [0.4, 0.5) is 16.3 Å². The fourth-order valence-electron chi connectivity index (χ4n) is 5.18. The smallest absolute Gasteiger partial charge is 0.435 e. The molecule has 5 rings (SSSR count). The third kappa shape index (κ3) is 9.09. The number of ether oxygens (including phenoxy) is 2. The quantitative estimate of drug-likeness (QED) is 0.0926. The molecule has 0 aliphatic heterocycles. The van der Waals surface area contributed by atoms with E-state index in [9.17, 15) is 14.4 Å². The van der Waals surface area contributed by atoms with Crippen LogP contribution in [0, 0.1) is 20.8 Å². The van der Waals surface area contributed by atoms with Gasteiger partial charge >= 0.3 is 12.1 Å². The summed E-state index contributed by atoms with van der Waals surface area (Å²) >= 11 is 0. The molecule has 0 saturated carbocycles. The summed E-state index contributed by atoms with van der Waals surface area (Å²) in [4.78, 5) is 61.8. The van der Waals surface area contributed by atoms with Crippen molar-refractivity contribution in [1.29, 1.82) is 0 Å². The first-order valence-corrected chi connectivity index (χ1v) is 16.5. The van der Waals surface area contributed by atoms with Crippen LogP contribution in [0.5, 0.6) is 0 Å². The maximum atomic E-state index is 13.9. The number of imidazole rings is 1. The molecule has 2 aromatic carbocycles. The van der Waals surface area contributed by atoms with Gasteiger partial charge in [0.05, 0.1) is 53.4 Å². The first-order valence-electron chi connectivity index (χ1n) is 16.5. The van der Waals surface area contributed by atoms with E-state index in [0.717, 1.165) is 28.4 Å². The van der Waals surface area contributed by atoms with Crippen LogP contribution in [0.15, 0.2) is 71.9 Å². The van der Waals surface area contributed by atoms with E-state index in [0.29, 0.717) is 46.8 Å². The van der Waals surface area contributed by atoms with Crippen molar-refractivity contribution in [1.82, 2.24) is 24.5 Å². The molecule has 0 unspecified atom stereocenters. The average molecular weight is 692 g/mol. The Morgan fingerprint density at radius 3 is 2.39 bits per heavy atom. The predicted molar refractivity (Wildman–Crippen MR) is 193 cm³/mol. The summed E-state index contributed by atoms with van der Waals surface area (Å²) in [5.41, 5.74) is 12.1. The second kappa shape index (κ2) is 16.5. The number of nitrogens with two attached hydrogens (primary N) is 1. The van der Waals surface area contributed by atoms with Crippen LogP contribution in [0.1, 0.15) is 64.3 Å². The molecular formula is C37H41N9O5. The molecule has 0 bridgehead atoms. The number of pyridine rings is 1. The summed E-state index contributed by atoms with van der Waals surface area (Å²) in [5, 5.41) is 3.34. The van der Waals surface area contributed by atoms with Gasteiger partial charge in [-0.2, -0.15) is 4.99 Å². The van der Waals surface area contributed by atoms with E-state index in [1.165, 1.54) is 4.90 Å². The topological polar surface area (TPSA) is 180 Å². The number of hydrogen-bond donors (Lipinski definition) is 2. The van der Waals surface area contributed by atoms with Gasteiger partial charge in [-0.1, -0.05) is 13.0 Å². The Bertz CT molecular complexity index is 2060. The minimum absolute atomic E-state index is 0.00416. The highest BCUT2D eigenvalue weighted by atomic mass is 16.5. The molecule has 0 spiro atoms. The van der Waals surface area contributed by atoms with E-state index >= 15 is 0 Å².